The summed E-state index contributed by atoms with van der Waals surface area (Å²) in [7, 11) is 0. The molecule has 84 valence electrons. The van der Waals surface area contributed by atoms with Crippen molar-refractivity contribution in [2.45, 2.75) is 24.8 Å². The van der Waals surface area contributed by atoms with E-state index in [9.17, 15) is 0 Å². The highest BCUT2D eigenvalue weighted by Gasteiger charge is 1.96. The predicted octanol–water partition coefficient (Wildman–Crippen LogP) is 2.25. The summed E-state index contributed by atoms with van der Waals surface area (Å²) < 4.78 is 0. The lowest BCUT2D eigenvalue weighted by molar-refractivity contribution is -0.134. The van der Waals surface area contributed by atoms with Crippen LogP contribution in [0.5, 0.6) is 0 Å². The maximum Gasteiger partial charge on any atom is 0.300 e. The molecular formula is C11H16O3S. The van der Waals surface area contributed by atoms with Crippen LogP contribution in [0, 0.1) is 0 Å². The van der Waals surface area contributed by atoms with Crippen molar-refractivity contribution in [3.8, 4) is 0 Å². The third-order valence-corrected chi connectivity index (χ3v) is 2.49. The Morgan fingerprint density at radius 3 is 2.27 bits per heavy atom. The fraction of sp³-hybridized carbons (Fsp3) is 0.364. The first-order valence-electron chi connectivity index (χ1n) is 4.58. The van der Waals surface area contributed by atoms with Crippen LogP contribution < -0.4 is 0 Å². The number of rotatable bonds is 3. The van der Waals surface area contributed by atoms with E-state index in [1.54, 1.807) is 18.7 Å². The number of thioether (sulfide) groups is 1. The standard InChI is InChI=1S/C9H12OS.C2H4O2/c1-8(10)7-11-9-5-3-2-4-6-9;1-2(3)4/h2-6,8,10H,7H2,1H3;1H3,(H,3,4). The fourth-order valence-electron chi connectivity index (χ4n) is 0.734. The monoisotopic (exact) mass is 228 g/mol. The number of carboxylic acid groups (broad SMARTS) is 1. The van der Waals surface area contributed by atoms with Gasteiger partial charge in [-0.1, -0.05) is 18.2 Å². The number of carbonyl (C=O) groups is 1. The molecule has 4 heteroatoms. The predicted molar refractivity (Wildman–Crippen MR) is 62.2 cm³/mol. The Hall–Kier alpha value is -1.00. The molecule has 1 aromatic carbocycles. The normalized spacial score (nSPS) is 11.1. The lowest BCUT2D eigenvalue weighted by Gasteiger charge is -2.02. The van der Waals surface area contributed by atoms with E-state index in [1.165, 1.54) is 4.90 Å². The lowest BCUT2D eigenvalue weighted by atomic mass is 10.4. The van der Waals surface area contributed by atoms with Gasteiger partial charge in [0.05, 0.1) is 6.10 Å². The first kappa shape index (κ1) is 14.0. The van der Waals surface area contributed by atoms with Crippen LogP contribution in [0.3, 0.4) is 0 Å². The number of aliphatic hydroxyl groups is 1. The van der Waals surface area contributed by atoms with Crippen LogP contribution in [0.2, 0.25) is 0 Å². The van der Waals surface area contributed by atoms with Gasteiger partial charge in [-0.25, -0.2) is 0 Å². The first-order chi connectivity index (χ1) is 7.02. The topological polar surface area (TPSA) is 57.5 Å². The minimum Gasteiger partial charge on any atom is -0.481 e. The van der Waals surface area contributed by atoms with Crippen LogP contribution in [-0.4, -0.2) is 28.0 Å². The summed E-state index contributed by atoms with van der Waals surface area (Å²) in [5.74, 6) is -0.0655. The van der Waals surface area contributed by atoms with Gasteiger partial charge in [-0.2, -0.15) is 0 Å². The van der Waals surface area contributed by atoms with Gasteiger partial charge in [-0.15, -0.1) is 11.8 Å². The molecule has 2 N–H and O–H groups in total. The van der Waals surface area contributed by atoms with E-state index in [0.717, 1.165) is 12.7 Å². The van der Waals surface area contributed by atoms with E-state index in [4.69, 9.17) is 15.0 Å². The fourth-order valence-corrected chi connectivity index (χ4v) is 1.52. The molecule has 0 spiro atoms. The Balaban J connectivity index is 0.000000423. The summed E-state index contributed by atoms with van der Waals surface area (Å²) in [5, 5.41) is 16.4. The summed E-state index contributed by atoms with van der Waals surface area (Å²) in [6.45, 7) is 2.88. The Morgan fingerprint density at radius 2 is 1.87 bits per heavy atom. The van der Waals surface area contributed by atoms with Crippen LogP contribution in [0.15, 0.2) is 35.2 Å². The molecule has 3 nitrogen and oxygen atoms in total. The second kappa shape index (κ2) is 8.32. The molecule has 0 aliphatic rings. The maximum absolute atomic E-state index is 9.00. The highest BCUT2D eigenvalue weighted by atomic mass is 32.2. The van der Waals surface area contributed by atoms with E-state index in [0.29, 0.717) is 0 Å². The summed E-state index contributed by atoms with van der Waals surface area (Å²) >= 11 is 1.68. The van der Waals surface area contributed by atoms with Gasteiger partial charge in [0.2, 0.25) is 0 Å². The zero-order valence-electron chi connectivity index (χ0n) is 8.88. The molecule has 0 saturated carbocycles. The van der Waals surface area contributed by atoms with Crippen LogP contribution >= 0.6 is 11.8 Å². The van der Waals surface area contributed by atoms with Crippen LogP contribution in [0.25, 0.3) is 0 Å². The smallest absolute Gasteiger partial charge is 0.300 e. The molecule has 1 unspecified atom stereocenters. The Labute approximate surface area is 94.1 Å². The van der Waals surface area contributed by atoms with Gasteiger partial charge in [0, 0.05) is 17.6 Å². The SMILES string of the molecule is CC(=O)O.CC(O)CSc1ccccc1. The van der Waals surface area contributed by atoms with Gasteiger partial charge in [-0.3, -0.25) is 4.79 Å². The third-order valence-electron chi connectivity index (χ3n) is 1.23. The summed E-state index contributed by atoms with van der Waals surface area (Å²) in [6, 6.07) is 10.1. The largest absolute Gasteiger partial charge is 0.481 e. The van der Waals surface area contributed by atoms with Gasteiger partial charge in [0.25, 0.3) is 5.97 Å². The number of aliphatic carboxylic acids is 1. The van der Waals surface area contributed by atoms with Crippen molar-refractivity contribution < 1.29 is 15.0 Å². The van der Waals surface area contributed by atoms with E-state index < -0.39 is 5.97 Å². The number of carboxylic acids is 1. The van der Waals surface area contributed by atoms with E-state index >= 15 is 0 Å². The van der Waals surface area contributed by atoms with Crippen molar-refractivity contribution in [3.05, 3.63) is 30.3 Å². The van der Waals surface area contributed by atoms with Crippen molar-refractivity contribution in [1.29, 1.82) is 0 Å². The quantitative estimate of drug-likeness (QED) is 0.779. The number of hydrogen-bond donors (Lipinski definition) is 2. The van der Waals surface area contributed by atoms with E-state index in [-0.39, 0.29) is 6.10 Å². The molecule has 15 heavy (non-hydrogen) atoms. The molecule has 0 saturated heterocycles. The summed E-state index contributed by atoms with van der Waals surface area (Å²) in [4.78, 5) is 10.2. The highest BCUT2D eigenvalue weighted by Crippen LogP contribution is 2.17. The first-order valence-corrected chi connectivity index (χ1v) is 5.56. The Bertz CT molecular complexity index is 268. The second-order valence-electron chi connectivity index (χ2n) is 2.99. The molecule has 0 heterocycles. The zero-order chi connectivity index (χ0) is 11.7. The Kier molecular flexibility index (Phi) is 7.77. The molecular weight excluding hydrogens is 212 g/mol. The maximum atomic E-state index is 9.00. The van der Waals surface area contributed by atoms with Gasteiger partial charge >= 0.3 is 0 Å². The molecule has 0 aromatic heterocycles. The minimum atomic E-state index is -0.833. The molecule has 1 atom stereocenters. The van der Waals surface area contributed by atoms with Crippen molar-refractivity contribution >= 4 is 17.7 Å². The molecule has 0 aliphatic heterocycles. The minimum absolute atomic E-state index is 0.222. The molecule has 0 bridgehead atoms. The van der Waals surface area contributed by atoms with Crippen LogP contribution in [0.4, 0.5) is 0 Å². The number of benzene rings is 1. The van der Waals surface area contributed by atoms with Gasteiger partial charge in [0.1, 0.15) is 0 Å². The van der Waals surface area contributed by atoms with E-state index in [2.05, 4.69) is 0 Å². The molecule has 1 rings (SSSR count). The van der Waals surface area contributed by atoms with Gasteiger partial charge < -0.3 is 10.2 Å². The van der Waals surface area contributed by atoms with Gasteiger partial charge in [0.15, 0.2) is 0 Å². The summed E-state index contributed by atoms with van der Waals surface area (Å²) in [5.41, 5.74) is 0. The third kappa shape index (κ3) is 10.9. The number of hydrogen-bond acceptors (Lipinski definition) is 3. The molecule has 1 aromatic rings. The summed E-state index contributed by atoms with van der Waals surface area (Å²) in [6.07, 6.45) is -0.222. The molecule has 0 aliphatic carbocycles. The zero-order valence-corrected chi connectivity index (χ0v) is 9.70. The van der Waals surface area contributed by atoms with Crippen molar-refractivity contribution in [2.75, 3.05) is 5.75 Å². The van der Waals surface area contributed by atoms with E-state index in [1.807, 2.05) is 30.3 Å². The van der Waals surface area contributed by atoms with Gasteiger partial charge in [-0.05, 0) is 19.1 Å². The average molecular weight is 228 g/mol. The Morgan fingerprint density at radius 1 is 1.40 bits per heavy atom. The molecule has 0 fully saturated rings. The van der Waals surface area contributed by atoms with Crippen molar-refractivity contribution in [3.63, 3.8) is 0 Å². The molecule has 0 radical (unpaired) electrons. The number of aliphatic hydroxyl groups excluding tert-OH is 1. The van der Waals surface area contributed by atoms with Crippen LogP contribution in [-0.2, 0) is 4.79 Å². The highest BCUT2D eigenvalue weighted by molar-refractivity contribution is 7.99. The second-order valence-corrected chi connectivity index (χ2v) is 4.09. The van der Waals surface area contributed by atoms with Crippen LogP contribution in [0.1, 0.15) is 13.8 Å². The lowest BCUT2D eigenvalue weighted by Crippen LogP contribution is -2.01. The average Bonchev–Trinajstić information content (AvgIpc) is 2.15. The van der Waals surface area contributed by atoms with Crippen molar-refractivity contribution in [2.24, 2.45) is 0 Å². The van der Waals surface area contributed by atoms with Crippen molar-refractivity contribution in [1.82, 2.24) is 0 Å². The molecule has 0 amide bonds.